The molecule has 1 aromatic rings. The van der Waals surface area contributed by atoms with Gasteiger partial charge in [-0.05, 0) is 56.6 Å². The summed E-state index contributed by atoms with van der Waals surface area (Å²) in [6.07, 6.45) is 5.21. The van der Waals surface area contributed by atoms with Crippen molar-refractivity contribution in [1.82, 2.24) is 5.32 Å². The van der Waals surface area contributed by atoms with E-state index in [0.717, 1.165) is 31.5 Å². The number of rotatable bonds is 4. The monoisotopic (exact) mass is 261 g/mol. The predicted molar refractivity (Wildman–Crippen MR) is 74.3 cm³/mol. The molecule has 1 heterocycles. The van der Waals surface area contributed by atoms with Crippen molar-refractivity contribution in [2.24, 2.45) is 0 Å². The lowest BCUT2D eigenvalue weighted by atomic mass is 10.1. The van der Waals surface area contributed by atoms with Crippen molar-refractivity contribution in [2.75, 3.05) is 13.1 Å². The molecule has 0 radical (unpaired) electrons. The van der Waals surface area contributed by atoms with Gasteiger partial charge in [0.15, 0.2) is 17.3 Å². The Bertz CT molecular complexity index is 476. The molecule has 0 spiro atoms. The second-order valence-corrected chi connectivity index (χ2v) is 4.74. The van der Waals surface area contributed by atoms with Crippen LogP contribution in [0, 0.1) is 0 Å². The number of carbonyl (C=O) groups is 1. The van der Waals surface area contributed by atoms with Crippen LogP contribution in [0.4, 0.5) is 0 Å². The van der Waals surface area contributed by atoms with Crippen LogP contribution in [-0.2, 0) is 4.79 Å². The summed E-state index contributed by atoms with van der Waals surface area (Å²) in [7, 11) is 0. The Balaban J connectivity index is 2.04. The van der Waals surface area contributed by atoms with Gasteiger partial charge in [0.1, 0.15) is 6.10 Å². The molecule has 1 saturated heterocycles. The molecule has 2 N–H and O–H groups in total. The SMILES string of the molecule is CC(=O)/C=C/c1ccc(OC2CCNCC2)c(O)c1. The van der Waals surface area contributed by atoms with E-state index < -0.39 is 0 Å². The number of benzene rings is 1. The molecule has 19 heavy (non-hydrogen) atoms. The lowest BCUT2D eigenvalue weighted by molar-refractivity contribution is -0.112. The van der Waals surface area contributed by atoms with Crippen LogP contribution in [0.25, 0.3) is 6.08 Å². The van der Waals surface area contributed by atoms with Gasteiger partial charge in [-0.3, -0.25) is 4.79 Å². The van der Waals surface area contributed by atoms with Crippen LogP contribution in [0.3, 0.4) is 0 Å². The maximum absolute atomic E-state index is 10.9. The maximum Gasteiger partial charge on any atom is 0.161 e. The number of carbonyl (C=O) groups excluding carboxylic acids is 1. The van der Waals surface area contributed by atoms with E-state index in [0.29, 0.717) is 5.75 Å². The number of nitrogens with one attached hydrogen (secondary N) is 1. The summed E-state index contributed by atoms with van der Waals surface area (Å²) in [5, 5.41) is 13.2. The number of ketones is 1. The molecule has 0 aromatic heterocycles. The number of phenols is 1. The molecule has 0 aliphatic carbocycles. The van der Waals surface area contributed by atoms with Gasteiger partial charge in [-0.2, -0.15) is 0 Å². The van der Waals surface area contributed by atoms with Crippen molar-refractivity contribution in [3.63, 3.8) is 0 Å². The first-order chi connectivity index (χ1) is 9.15. The first-order valence-electron chi connectivity index (χ1n) is 6.54. The van der Waals surface area contributed by atoms with Gasteiger partial charge in [0, 0.05) is 0 Å². The summed E-state index contributed by atoms with van der Waals surface area (Å²) in [5.74, 6) is 0.602. The van der Waals surface area contributed by atoms with E-state index in [1.807, 2.05) is 6.07 Å². The topological polar surface area (TPSA) is 58.6 Å². The van der Waals surface area contributed by atoms with E-state index in [9.17, 15) is 9.90 Å². The highest BCUT2D eigenvalue weighted by Gasteiger charge is 2.15. The third-order valence-corrected chi connectivity index (χ3v) is 3.07. The lowest BCUT2D eigenvalue weighted by Crippen LogP contribution is -2.34. The molecule has 0 atom stereocenters. The van der Waals surface area contributed by atoms with Crippen LogP contribution in [0.2, 0.25) is 0 Å². The molecule has 0 amide bonds. The van der Waals surface area contributed by atoms with E-state index in [1.54, 1.807) is 18.2 Å². The Morgan fingerprint density at radius 1 is 1.42 bits per heavy atom. The van der Waals surface area contributed by atoms with Crippen LogP contribution in [0.15, 0.2) is 24.3 Å². The van der Waals surface area contributed by atoms with Crippen LogP contribution in [0.5, 0.6) is 11.5 Å². The molecular weight excluding hydrogens is 242 g/mol. The number of hydrogen-bond donors (Lipinski definition) is 2. The fraction of sp³-hybridized carbons (Fsp3) is 0.400. The summed E-state index contributed by atoms with van der Waals surface area (Å²) in [4.78, 5) is 10.9. The van der Waals surface area contributed by atoms with Gasteiger partial charge in [-0.15, -0.1) is 0 Å². The highest BCUT2D eigenvalue weighted by Crippen LogP contribution is 2.29. The zero-order chi connectivity index (χ0) is 13.7. The summed E-state index contributed by atoms with van der Waals surface area (Å²) in [6.45, 7) is 3.39. The van der Waals surface area contributed by atoms with Crippen LogP contribution in [-0.4, -0.2) is 30.1 Å². The fourth-order valence-electron chi connectivity index (χ4n) is 2.04. The standard InChI is InChI=1S/C15H19NO3/c1-11(17)2-3-12-4-5-15(14(18)10-12)19-13-6-8-16-9-7-13/h2-5,10,13,16,18H,6-9H2,1H3/b3-2+. The zero-order valence-electron chi connectivity index (χ0n) is 11.1. The minimum atomic E-state index is -0.0190. The Morgan fingerprint density at radius 3 is 2.79 bits per heavy atom. The van der Waals surface area contributed by atoms with E-state index >= 15 is 0 Å². The molecule has 2 rings (SSSR count). The molecule has 1 aromatic carbocycles. The first kappa shape index (κ1) is 13.6. The second-order valence-electron chi connectivity index (χ2n) is 4.74. The predicted octanol–water partition coefficient (Wildman–Crippen LogP) is 2.13. The van der Waals surface area contributed by atoms with E-state index in [1.165, 1.54) is 13.0 Å². The maximum atomic E-state index is 10.9. The number of allylic oxidation sites excluding steroid dienone is 1. The van der Waals surface area contributed by atoms with Gasteiger partial charge in [0.25, 0.3) is 0 Å². The minimum absolute atomic E-state index is 0.0190. The highest BCUT2D eigenvalue weighted by molar-refractivity contribution is 5.91. The molecule has 0 unspecified atom stereocenters. The average Bonchev–Trinajstić information content (AvgIpc) is 2.40. The fourth-order valence-corrected chi connectivity index (χ4v) is 2.04. The second kappa shape index (κ2) is 6.38. The van der Waals surface area contributed by atoms with Crippen LogP contribution >= 0.6 is 0 Å². The van der Waals surface area contributed by atoms with Crippen molar-refractivity contribution in [3.8, 4) is 11.5 Å². The third kappa shape index (κ3) is 4.10. The molecule has 4 heteroatoms. The van der Waals surface area contributed by atoms with Crippen molar-refractivity contribution in [3.05, 3.63) is 29.8 Å². The smallest absolute Gasteiger partial charge is 0.161 e. The van der Waals surface area contributed by atoms with E-state index in [2.05, 4.69) is 5.32 Å². The molecule has 4 nitrogen and oxygen atoms in total. The normalized spacial score (nSPS) is 16.7. The number of phenolic OH excluding ortho intramolecular Hbond substituents is 1. The minimum Gasteiger partial charge on any atom is -0.504 e. The van der Waals surface area contributed by atoms with Crippen LogP contribution in [0.1, 0.15) is 25.3 Å². The number of hydrogen-bond acceptors (Lipinski definition) is 4. The summed E-state index contributed by atoms with van der Waals surface area (Å²) in [6, 6.07) is 5.18. The molecule has 0 bridgehead atoms. The largest absolute Gasteiger partial charge is 0.504 e. The van der Waals surface area contributed by atoms with Crippen molar-refractivity contribution in [2.45, 2.75) is 25.9 Å². The van der Waals surface area contributed by atoms with Gasteiger partial charge in [0.05, 0.1) is 0 Å². The highest BCUT2D eigenvalue weighted by atomic mass is 16.5. The molecule has 102 valence electrons. The summed E-state index contributed by atoms with van der Waals surface area (Å²) in [5.41, 5.74) is 0.783. The molecular formula is C15H19NO3. The Hall–Kier alpha value is -1.81. The molecule has 1 fully saturated rings. The first-order valence-corrected chi connectivity index (χ1v) is 6.54. The van der Waals surface area contributed by atoms with Gasteiger partial charge in [0.2, 0.25) is 0 Å². The van der Waals surface area contributed by atoms with Crippen molar-refractivity contribution >= 4 is 11.9 Å². The molecule has 1 aliphatic heterocycles. The molecule has 1 aliphatic rings. The van der Waals surface area contributed by atoms with Gasteiger partial charge in [-0.25, -0.2) is 0 Å². The van der Waals surface area contributed by atoms with Gasteiger partial charge in [-0.1, -0.05) is 12.1 Å². The Labute approximate surface area is 113 Å². The van der Waals surface area contributed by atoms with E-state index in [4.69, 9.17) is 4.74 Å². The Morgan fingerprint density at radius 2 is 2.16 bits per heavy atom. The summed E-state index contributed by atoms with van der Waals surface area (Å²) < 4.78 is 5.79. The van der Waals surface area contributed by atoms with Gasteiger partial charge < -0.3 is 15.2 Å². The number of piperidine rings is 1. The molecule has 0 saturated carbocycles. The Kier molecular flexibility index (Phi) is 4.58. The summed E-state index contributed by atoms with van der Waals surface area (Å²) >= 11 is 0. The lowest BCUT2D eigenvalue weighted by Gasteiger charge is -2.24. The number of ether oxygens (including phenoxy) is 1. The van der Waals surface area contributed by atoms with Gasteiger partial charge >= 0.3 is 0 Å². The average molecular weight is 261 g/mol. The van der Waals surface area contributed by atoms with Crippen molar-refractivity contribution < 1.29 is 14.6 Å². The van der Waals surface area contributed by atoms with E-state index in [-0.39, 0.29) is 17.6 Å². The number of aromatic hydroxyl groups is 1. The zero-order valence-corrected chi connectivity index (χ0v) is 11.1. The third-order valence-electron chi connectivity index (χ3n) is 3.07. The van der Waals surface area contributed by atoms with Crippen LogP contribution < -0.4 is 10.1 Å². The quantitative estimate of drug-likeness (QED) is 0.815. The van der Waals surface area contributed by atoms with Crippen molar-refractivity contribution in [1.29, 1.82) is 0 Å².